The maximum absolute atomic E-state index is 3.38. The SMILES string of the molecule is c1cc(-c2c3ccccc3c(-c3cccc4[nH]ccc34)c3ccccc23)c2cc[nH]c2c1. The molecule has 2 heteroatoms. The van der Waals surface area contributed by atoms with Crippen LogP contribution in [0.2, 0.25) is 0 Å². The average molecular weight is 409 g/mol. The number of aromatic amines is 2. The predicted octanol–water partition coefficient (Wildman–Crippen LogP) is 8.29. The van der Waals surface area contributed by atoms with Crippen LogP contribution in [0.15, 0.2) is 109 Å². The van der Waals surface area contributed by atoms with Gasteiger partial charge in [0.05, 0.1) is 0 Å². The molecule has 32 heavy (non-hydrogen) atoms. The van der Waals surface area contributed by atoms with Crippen LogP contribution < -0.4 is 0 Å². The molecule has 150 valence electrons. The van der Waals surface area contributed by atoms with E-state index in [1.807, 2.05) is 12.4 Å². The van der Waals surface area contributed by atoms with Crippen molar-refractivity contribution < 1.29 is 0 Å². The first kappa shape index (κ1) is 17.4. The van der Waals surface area contributed by atoms with Crippen LogP contribution in [0.1, 0.15) is 0 Å². The lowest BCUT2D eigenvalue weighted by molar-refractivity contribution is 1.48. The standard InChI is InChI=1S/C30H20N2/c1-2-8-24-23(7-1)29(21-11-5-13-27-19(21)15-17-31-27)25-9-3-4-10-26(25)30(24)22-12-6-14-28-20(22)16-18-32-28/h1-18,31-32H. The van der Waals surface area contributed by atoms with Crippen LogP contribution in [0.5, 0.6) is 0 Å². The van der Waals surface area contributed by atoms with Crippen molar-refractivity contribution in [3.63, 3.8) is 0 Å². The minimum Gasteiger partial charge on any atom is -0.361 e. The third kappa shape index (κ3) is 2.35. The third-order valence-corrected chi connectivity index (χ3v) is 6.66. The number of aromatic nitrogens is 2. The summed E-state index contributed by atoms with van der Waals surface area (Å²) in [6.07, 6.45) is 4.05. The molecule has 0 atom stereocenters. The number of hydrogen-bond acceptors (Lipinski definition) is 0. The van der Waals surface area contributed by atoms with E-state index in [-0.39, 0.29) is 0 Å². The Morgan fingerprint density at radius 2 is 0.750 bits per heavy atom. The van der Waals surface area contributed by atoms with Gasteiger partial charge in [-0.3, -0.25) is 0 Å². The van der Waals surface area contributed by atoms with Gasteiger partial charge in [-0.1, -0.05) is 72.8 Å². The number of rotatable bonds is 2. The number of H-pyrrole nitrogens is 2. The smallest absolute Gasteiger partial charge is 0.0460 e. The van der Waals surface area contributed by atoms with E-state index in [4.69, 9.17) is 0 Å². The first-order chi connectivity index (χ1) is 15.9. The first-order valence-corrected chi connectivity index (χ1v) is 11.0. The molecule has 0 radical (unpaired) electrons. The van der Waals surface area contributed by atoms with E-state index in [9.17, 15) is 0 Å². The Balaban J connectivity index is 1.72. The normalized spacial score (nSPS) is 11.8. The van der Waals surface area contributed by atoms with Crippen LogP contribution in [0, 0.1) is 0 Å². The summed E-state index contributed by atoms with van der Waals surface area (Å²) >= 11 is 0. The van der Waals surface area contributed by atoms with Crippen molar-refractivity contribution in [1.29, 1.82) is 0 Å². The Kier molecular flexibility index (Phi) is 3.58. The lowest BCUT2D eigenvalue weighted by Crippen LogP contribution is -1.91. The molecule has 2 aromatic heterocycles. The number of fused-ring (bicyclic) bond motifs is 4. The number of nitrogens with one attached hydrogen (secondary N) is 2. The zero-order valence-electron chi connectivity index (χ0n) is 17.4. The van der Waals surface area contributed by atoms with E-state index in [0.29, 0.717) is 0 Å². The van der Waals surface area contributed by atoms with Crippen molar-refractivity contribution in [2.45, 2.75) is 0 Å². The van der Waals surface area contributed by atoms with E-state index >= 15 is 0 Å². The van der Waals surface area contributed by atoms with Gasteiger partial charge in [0.1, 0.15) is 0 Å². The molecule has 0 unspecified atom stereocenters. The molecule has 5 aromatic carbocycles. The fourth-order valence-corrected chi connectivity index (χ4v) is 5.32. The average Bonchev–Trinajstić information content (AvgIpc) is 3.52. The molecule has 0 saturated carbocycles. The summed E-state index contributed by atoms with van der Waals surface area (Å²) in [5.74, 6) is 0. The molecule has 2 heterocycles. The quantitative estimate of drug-likeness (QED) is 0.270. The van der Waals surface area contributed by atoms with Crippen LogP contribution in [0.3, 0.4) is 0 Å². The lowest BCUT2D eigenvalue weighted by atomic mass is 9.84. The molecule has 0 aliphatic carbocycles. The summed E-state index contributed by atoms with van der Waals surface area (Å²) in [7, 11) is 0. The van der Waals surface area contributed by atoms with Crippen molar-refractivity contribution in [3.8, 4) is 22.3 Å². The minimum atomic E-state index is 1.16. The number of benzene rings is 5. The van der Waals surface area contributed by atoms with Crippen LogP contribution in [-0.4, -0.2) is 9.97 Å². The molecule has 0 aliphatic rings. The zero-order valence-corrected chi connectivity index (χ0v) is 17.4. The van der Waals surface area contributed by atoms with Gasteiger partial charge < -0.3 is 9.97 Å². The highest BCUT2D eigenvalue weighted by Crippen LogP contribution is 2.46. The highest BCUT2D eigenvalue weighted by molar-refractivity contribution is 6.25. The zero-order chi connectivity index (χ0) is 21.1. The molecule has 0 amide bonds. The molecule has 0 spiro atoms. The van der Waals surface area contributed by atoms with E-state index in [2.05, 4.69) is 107 Å². The van der Waals surface area contributed by atoms with Crippen molar-refractivity contribution in [2.24, 2.45) is 0 Å². The first-order valence-electron chi connectivity index (χ1n) is 11.0. The molecule has 0 fully saturated rings. The Morgan fingerprint density at radius 1 is 0.344 bits per heavy atom. The summed E-state index contributed by atoms with van der Waals surface area (Å²) in [5.41, 5.74) is 7.46. The topological polar surface area (TPSA) is 31.6 Å². The van der Waals surface area contributed by atoms with Gasteiger partial charge in [-0.15, -0.1) is 0 Å². The molecule has 0 bridgehead atoms. The second-order valence-corrected chi connectivity index (χ2v) is 8.33. The van der Waals surface area contributed by atoms with Gasteiger partial charge in [0.25, 0.3) is 0 Å². The van der Waals surface area contributed by atoms with Crippen molar-refractivity contribution in [2.75, 3.05) is 0 Å². The van der Waals surface area contributed by atoms with Crippen molar-refractivity contribution in [1.82, 2.24) is 9.97 Å². The predicted molar refractivity (Wildman–Crippen MR) is 136 cm³/mol. The highest BCUT2D eigenvalue weighted by Gasteiger charge is 2.18. The van der Waals surface area contributed by atoms with Crippen LogP contribution >= 0.6 is 0 Å². The third-order valence-electron chi connectivity index (χ3n) is 6.66. The van der Waals surface area contributed by atoms with Gasteiger partial charge in [-0.2, -0.15) is 0 Å². The summed E-state index contributed by atoms with van der Waals surface area (Å²) in [4.78, 5) is 6.75. The molecule has 7 rings (SSSR count). The summed E-state index contributed by atoms with van der Waals surface area (Å²) in [5, 5.41) is 7.63. The Morgan fingerprint density at radius 3 is 1.16 bits per heavy atom. The van der Waals surface area contributed by atoms with E-state index in [1.54, 1.807) is 0 Å². The van der Waals surface area contributed by atoms with Gasteiger partial charge in [0, 0.05) is 34.2 Å². The second-order valence-electron chi connectivity index (χ2n) is 8.33. The number of hydrogen-bond donors (Lipinski definition) is 2. The fourth-order valence-electron chi connectivity index (χ4n) is 5.32. The van der Waals surface area contributed by atoms with Gasteiger partial charge >= 0.3 is 0 Å². The van der Waals surface area contributed by atoms with Crippen molar-refractivity contribution >= 4 is 43.4 Å². The summed E-state index contributed by atoms with van der Waals surface area (Å²) < 4.78 is 0. The van der Waals surface area contributed by atoms with Gasteiger partial charge in [0.15, 0.2) is 0 Å². The molecule has 7 aromatic rings. The van der Waals surface area contributed by atoms with E-state index < -0.39 is 0 Å². The van der Waals surface area contributed by atoms with Crippen LogP contribution in [0.4, 0.5) is 0 Å². The fraction of sp³-hybridized carbons (Fsp3) is 0. The molecular weight excluding hydrogens is 388 g/mol. The Hall–Kier alpha value is -4.30. The molecule has 0 aliphatic heterocycles. The molecule has 0 saturated heterocycles. The van der Waals surface area contributed by atoms with Crippen LogP contribution in [-0.2, 0) is 0 Å². The van der Waals surface area contributed by atoms with Gasteiger partial charge in [-0.05, 0) is 68.1 Å². The maximum atomic E-state index is 3.38. The maximum Gasteiger partial charge on any atom is 0.0460 e. The molecular formula is C30H20N2. The monoisotopic (exact) mass is 408 g/mol. The molecule has 2 N–H and O–H groups in total. The van der Waals surface area contributed by atoms with Gasteiger partial charge in [-0.25, -0.2) is 0 Å². The molecule has 2 nitrogen and oxygen atoms in total. The van der Waals surface area contributed by atoms with Crippen molar-refractivity contribution in [3.05, 3.63) is 109 Å². The highest BCUT2D eigenvalue weighted by atomic mass is 14.7. The van der Waals surface area contributed by atoms with Gasteiger partial charge in [0.2, 0.25) is 0 Å². The Labute approximate surface area is 185 Å². The minimum absolute atomic E-state index is 1.16. The Bertz CT molecular complexity index is 1590. The lowest BCUT2D eigenvalue weighted by Gasteiger charge is -2.18. The second kappa shape index (κ2) is 6.60. The largest absolute Gasteiger partial charge is 0.361 e. The summed E-state index contributed by atoms with van der Waals surface area (Å²) in [6.45, 7) is 0. The van der Waals surface area contributed by atoms with E-state index in [0.717, 1.165) is 11.0 Å². The van der Waals surface area contributed by atoms with Crippen LogP contribution in [0.25, 0.3) is 65.6 Å². The summed E-state index contributed by atoms with van der Waals surface area (Å²) in [6, 6.07) is 35.1. The van der Waals surface area contributed by atoms with E-state index in [1.165, 1.54) is 54.6 Å².